The van der Waals surface area contributed by atoms with E-state index in [1.165, 1.54) is 12.6 Å². The Morgan fingerprint density at radius 2 is 2.14 bits per heavy atom. The number of pyridine rings is 1. The van der Waals surface area contributed by atoms with Gasteiger partial charge in [0.2, 0.25) is 0 Å². The lowest BCUT2D eigenvalue weighted by molar-refractivity contribution is 0.0684. The summed E-state index contributed by atoms with van der Waals surface area (Å²) in [5.74, 6) is 0.101. The lowest BCUT2D eigenvalue weighted by Crippen LogP contribution is -2.25. The van der Waals surface area contributed by atoms with Crippen LogP contribution in [0.4, 0.5) is 0 Å². The molecule has 3 rings (SSSR count). The average Bonchev–Trinajstić information content (AvgIpc) is 2.47. The molecule has 1 fully saturated rings. The lowest BCUT2D eigenvalue weighted by atomic mass is 9.88. The minimum absolute atomic E-state index is 0.0951. The summed E-state index contributed by atoms with van der Waals surface area (Å²) in [5.41, 5.74) is 0.910. The van der Waals surface area contributed by atoms with Crippen LogP contribution in [0, 0.1) is 5.92 Å². The van der Waals surface area contributed by atoms with Crippen molar-refractivity contribution in [2.75, 3.05) is 0 Å². The fourth-order valence-electron chi connectivity index (χ4n) is 3.05. The Morgan fingerprint density at radius 1 is 1.33 bits per heavy atom. The van der Waals surface area contributed by atoms with Gasteiger partial charge in [-0.1, -0.05) is 25.5 Å². The maximum absolute atomic E-state index is 11.5. The van der Waals surface area contributed by atoms with E-state index in [0.717, 1.165) is 30.2 Å². The summed E-state index contributed by atoms with van der Waals surface area (Å²) in [6.45, 7) is 2.22. The van der Waals surface area contributed by atoms with Gasteiger partial charge in [0.25, 0.3) is 0 Å². The van der Waals surface area contributed by atoms with Crippen molar-refractivity contribution in [3.8, 4) is 5.75 Å². The number of nitrogens with zero attached hydrogens (tertiary/aromatic N) is 1. The second kappa shape index (κ2) is 5.72. The smallest absolute Gasteiger partial charge is 0.341 e. The number of carboxylic acid groups (broad SMARTS) is 1. The zero-order valence-electron chi connectivity index (χ0n) is 12.1. The number of rotatable bonds is 3. The number of benzene rings is 1. The van der Waals surface area contributed by atoms with Crippen molar-refractivity contribution in [2.24, 2.45) is 5.92 Å². The molecule has 0 radical (unpaired) electrons. The number of carbonyl (C=O) groups is 1. The predicted octanol–water partition coefficient (Wildman–Crippen LogP) is 3.89. The van der Waals surface area contributed by atoms with E-state index in [0.29, 0.717) is 11.7 Å². The van der Waals surface area contributed by atoms with Crippen LogP contribution in [0.25, 0.3) is 10.9 Å². The number of ether oxygens (including phenoxy) is 1. The van der Waals surface area contributed by atoms with Crippen LogP contribution < -0.4 is 4.74 Å². The minimum atomic E-state index is -0.993. The second-order valence-electron chi connectivity index (χ2n) is 5.83. The molecule has 1 N–H and O–H groups in total. The number of hydrogen-bond donors (Lipinski definition) is 1. The van der Waals surface area contributed by atoms with Crippen molar-refractivity contribution in [1.29, 1.82) is 0 Å². The standard InChI is InChI=1S/C17H19NO3/c1-11-5-4-6-12(9-11)21-16-13-7-2-3-8-15(13)18-10-14(16)17(19)20/h2-3,7-8,10-12H,4-6,9H2,1H3,(H,19,20). The Kier molecular flexibility index (Phi) is 3.78. The van der Waals surface area contributed by atoms with E-state index >= 15 is 0 Å². The average molecular weight is 285 g/mol. The molecule has 21 heavy (non-hydrogen) atoms. The summed E-state index contributed by atoms with van der Waals surface area (Å²) in [6.07, 6.45) is 5.82. The molecule has 0 amide bonds. The van der Waals surface area contributed by atoms with Crippen LogP contribution in [0.3, 0.4) is 0 Å². The molecule has 1 aromatic heterocycles. The first-order chi connectivity index (χ1) is 10.1. The zero-order chi connectivity index (χ0) is 14.8. The van der Waals surface area contributed by atoms with Gasteiger partial charge in [0, 0.05) is 11.6 Å². The van der Waals surface area contributed by atoms with E-state index in [1.807, 2.05) is 24.3 Å². The molecule has 1 heterocycles. The number of aromatic carboxylic acids is 1. The largest absolute Gasteiger partial charge is 0.489 e. The normalized spacial score (nSPS) is 22.1. The highest BCUT2D eigenvalue weighted by molar-refractivity contribution is 5.98. The Labute approximate surface area is 123 Å². The van der Waals surface area contributed by atoms with E-state index in [2.05, 4.69) is 11.9 Å². The van der Waals surface area contributed by atoms with E-state index in [9.17, 15) is 9.90 Å². The first kappa shape index (κ1) is 13.9. The number of carboxylic acids is 1. The molecule has 110 valence electrons. The van der Waals surface area contributed by atoms with Crippen LogP contribution in [0.5, 0.6) is 5.75 Å². The van der Waals surface area contributed by atoms with Gasteiger partial charge in [0.1, 0.15) is 11.3 Å². The van der Waals surface area contributed by atoms with E-state index in [4.69, 9.17) is 4.74 Å². The molecule has 4 nitrogen and oxygen atoms in total. The topological polar surface area (TPSA) is 59.4 Å². The molecule has 0 spiro atoms. The highest BCUT2D eigenvalue weighted by Gasteiger charge is 2.24. The molecule has 1 saturated carbocycles. The first-order valence-electron chi connectivity index (χ1n) is 7.43. The molecule has 1 aliphatic rings. The number of para-hydroxylation sites is 1. The minimum Gasteiger partial charge on any atom is -0.489 e. The molecule has 2 atom stereocenters. The lowest BCUT2D eigenvalue weighted by Gasteiger charge is -2.28. The monoisotopic (exact) mass is 285 g/mol. The van der Waals surface area contributed by atoms with Crippen molar-refractivity contribution < 1.29 is 14.6 Å². The Morgan fingerprint density at radius 3 is 2.90 bits per heavy atom. The summed E-state index contributed by atoms with van der Waals surface area (Å²) in [5, 5.41) is 10.2. The summed E-state index contributed by atoms with van der Waals surface area (Å²) < 4.78 is 6.11. The molecule has 0 aliphatic heterocycles. The van der Waals surface area contributed by atoms with Crippen molar-refractivity contribution >= 4 is 16.9 Å². The van der Waals surface area contributed by atoms with Gasteiger partial charge >= 0.3 is 5.97 Å². The third-order valence-corrected chi connectivity index (χ3v) is 4.13. The molecular weight excluding hydrogens is 266 g/mol. The zero-order valence-corrected chi connectivity index (χ0v) is 12.1. The van der Waals surface area contributed by atoms with E-state index in [1.54, 1.807) is 0 Å². The van der Waals surface area contributed by atoms with Gasteiger partial charge in [0.15, 0.2) is 0 Å². The van der Waals surface area contributed by atoms with Crippen LogP contribution in [-0.4, -0.2) is 22.2 Å². The summed E-state index contributed by atoms with van der Waals surface area (Å²) in [6, 6.07) is 7.52. The number of aromatic nitrogens is 1. The maximum Gasteiger partial charge on any atom is 0.341 e. The van der Waals surface area contributed by atoms with Gasteiger partial charge in [0.05, 0.1) is 11.6 Å². The molecular formula is C17H19NO3. The number of fused-ring (bicyclic) bond motifs is 1. The van der Waals surface area contributed by atoms with Crippen LogP contribution in [0.2, 0.25) is 0 Å². The third-order valence-electron chi connectivity index (χ3n) is 4.13. The van der Waals surface area contributed by atoms with Crippen molar-refractivity contribution in [3.05, 3.63) is 36.0 Å². The fourth-order valence-corrected chi connectivity index (χ4v) is 3.05. The Bertz CT molecular complexity index is 668. The third kappa shape index (κ3) is 2.84. The van der Waals surface area contributed by atoms with Crippen LogP contribution >= 0.6 is 0 Å². The van der Waals surface area contributed by atoms with Gasteiger partial charge in [-0.05, 0) is 37.3 Å². The van der Waals surface area contributed by atoms with Gasteiger partial charge in [-0.2, -0.15) is 0 Å². The molecule has 0 saturated heterocycles. The quantitative estimate of drug-likeness (QED) is 0.929. The van der Waals surface area contributed by atoms with Gasteiger partial charge in [-0.25, -0.2) is 4.79 Å². The van der Waals surface area contributed by atoms with Gasteiger partial charge < -0.3 is 9.84 Å². The fraction of sp³-hybridized carbons (Fsp3) is 0.412. The second-order valence-corrected chi connectivity index (χ2v) is 5.83. The van der Waals surface area contributed by atoms with Crippen molar-refractivity contribution in [1.82, 2.24) is 4.98 Å². The highest BCUT2D eigenvalue weighted by Crippen LogP contribution is 2.33. The van der Waals surface area contributed by atoms with Crippen LogP contribution in [0.15, 0.2) is 30.5 Å². The molecule has 4 heteroatoms. The first-order valence-corrected chi connectivity index (χ1v) is 7.43. The molecule has 1 aromatic carbocycles. The summed E-state index contributed by atoms with van der Waals surface area (Å²) in [4.78, 5) is 15.7. The maximum atomic E-state index is 11.5. The van der Waals surface area contributed by atoms with Crippen LogP contribution in [0.1, 0.15) is 43.0 Å². The predicted molar refractivity (Wildman–Crippen MR) is 80.8 cm³/mol. The van der Waals surface area contributed by atoms with Gasteiger partial charge in [-0.15, -0.1) is 0 Å². The van der Waals surface area contributed by atoms with Crippen LogP contribution in [-0.2, 0) is 0 Å². The van der Waals surface area contributed by atoms with Gasteiger partial charge in [-0.3, -0.25) is 4.98 Å². The molecule has 2 unspecified atom stereocenters. The molecule has 1 aliphatic carbocycles. The Hall–Kier alpha value is -2.10. The Balaban J connectivity index is 2.01. The molecule has 0 bridgehead atoms. The summed E-state index contributed by atoms with van der Waals surface area (Å²) in [7, 11) is 0. The van der Waals surface area contributed by atoms with E-state index in [-0.39, 0.29) is 11.7 Å². The van der Waals surface area contributed by atoms with Crippen molar-refractivity contribution in [2.45, 2.75) is 38.7 Å². The SMILES string of the molecule is CC1CCCC(Oc2c(C(=O)O)cnc3ccccc23)C1. The molecule has 2 aromatic rings. The van der Waals surface area contributed by atoms with Crippen molar-refractivity contribution in [3.63, 3.8) is 0 Å². The highest BCUT2D eigenvalue weighted by atomic mass is 16.5. The summed E-state index contributed by atoms with van der Waals surface area (Å²) >= 11 is 0. The number of hydrogen-bond acceptors (Lipinski definition) is 3. The van der Waals surface area contributed by atoms with E-state index < -0.39 is 5.97 Å².